The molecule has 152 valence electrons. The topological polar surface area (TPSA) is 63.7 Å². The lowest BCUT2D eigenvalue weighted by Gasteiger charge is -2.25. The van der Waals surface area contributed by atoms with Gasteiger partial charge in [-0.3, -0.25) is 4.79 Å². The number of amides is 1. The fraction of sp³-hybridized carbons (Fsp3) is 0.217. The Hall–Kier alpha value is -3.16. The first-order valence-corrected chi connectivity index (χ1v) is 10.7. The van der Waals surface area contributed by atoms with Gasteiger partial charge < -0.3 is 19.7 Å². The smallest absolute Gasteiger partial charge is 0.262 e. The number of nitrogens with zero attached hydrogens (tertiary/aromatic N) is 2. The Morgan fingerprint density at radius 3 is 2.77 bits per heavy atom. The van der Waals surface area contributed by atoms with Crippen molar-refractivity contribution in [3.63, 3.8) is 0 Å². The van der Waals surface area contributed by atoms with Crippen LogP contribution in [0.25, 0.3) is 21.0 Å². The molecular formula is C23H21N3O3S. The van der Waals surface area contributed by atoms with Crippen molar-refractivity contribution in [1.82, 2.24) is 4.98 Å². The standard InChI is InChI=1S/C23H21N3O3S/c27-22(15-29-19-7-5-16-3-1-2-4-17(16)13-19)24-18-6-8-20-21(14-18)30-23(25-20)26-9-11-28-12-10-26/h1-8,13-14H,9-12,15H2,(H,24,27). The largest absolute Gasteiger partial charge is 0.484 e. The van der Waals surface area contributed by atoms with E-state index in [-0.39, 0.29) is 12.5 Å². The summed E-state index contributed by atoms with van der Waals surface area (Å²) in [6, 6.07) is 19.7. The third kappa shape index (κ3) is 4.08. The molecule has 0 atom stereocenters. The molecule has 1 aliphatic rings. The van der Waals surface area contributed by atoms with Gasteiger partial charge in [-0.05, 0) is 41.1 Å². The van der Waals surface area contributed by atoms with Gasteiger partial charge in [0.25, 0.3) is 5.91 Å². The monoisotopic (exact) mass is 419 g/mol. The quantitative estimate of drug-likeness (QED) is 0.522. The summed E-state index contributed by atoms with van der Waals surface area (Å²) in [5.74, 6) is 0.484. The van der Waals surface area contributed by atoms with Crippen molar-refractivity contribution in [3.8, 4) is 5.75 Å². The van der Waals surface area contributed by atoms with Gasteiger partial charge >= 0.3 is 0 Å². The number of ether oxygens (including phenoxy) is 2. The molecule has 7 heteroatoms. The molecule has 1 amide bonds. The maximum Gasteiger partial charge on any atom is 0.262 e. The van der Waals surface area contributed by atoms with E-state index < -0.39 is 0 Å². The van der Waals surface area contributed by atoms with E-state index in [0.29, 0.717) is 5.75 Å². The predicted octanol–water partition coefficient (Wildman–Crippen LogP) is 4.30. The van der Waals surface area contributed by atoms with Crippen LogP contribution in [0.5, 0.6) is 5.75 Å². The number of thiazole rings is 1. The number of hydrogen-bond acceptors (Lipinski definition) is 6. The highest BCUT2D eigenvalue weighted by atomic mass is 32.1. The van der Waals surface area contributed by atoms with E-state index in [1.807, 2.05) is 60.7 Å². The van der Waals surface area contributed by atoms with Crippen LogP contribution >= 0.6 is 11.3 Å². The fourth-order valence-electron chi connectivity index (χ4n) is 3.48. The molecule has 30 heavy (non-hydrogen) atoms. The highest BCUT2D eigenvalue weighted by Gasteiger charge is 2.16. The van der Waals surface area contributed by atoms with Gasteiger partial charge in [-0.1, -0.05) is 41.7 Å². The van der Waals surface area contributed by atoms with Crippen LogP contribution in [-0.4, -0.2) is 43.8 Å². The van der Waals surface area contributed by atoms with Gasteiger partial charge in [0, 0.05) is 18.8 Å². The van der Waals surface area contributed by atoms with Crippen molar-refractivity contribution < 1.29 is 14.3 Å². The van der Waals surface area contributed by atoms with E-state index in [9.17, 15) is 4.79 Å². The molecule has 0 unspecified atom stereocenters. The maximum atomic E-state index is 12.4. The lowest BCUT2D eigenvalue weighted by Crippen LogP contribution is -2.36. The molecule has 0 aliphatic carbocycles. The average Bonchev–Trinajstić information content (AvgIpc) is 3.22. The van der Waals surface area contributed by atoms with Gasteiger partial charge in [0.2, 0.25) is 0 Å². The van der Waals surface area contributed by atoms with Crippen LogP contribution in [0, 0.1) is 0 Å². The second kappa shape index (κ2) is 8.30. The molecule has 4 aromatic rings. The number of aromatic nitrogens is 1. The minimum atomic E-state index is -0.194. The summed E-state index contributed by atoms with van der Waals surface area (Å²) in [5, 5.41) is 6.14. The van der Waals surface area contributed by atoms with Crippen LogP contribution in [-0.2, 0) is 9.53 Å². The van der Waals surface area contributed by atoms with Crippen LogP contribution in [0.4, 0.5) is 10.8 Å². The van der Waals surface area contributed by atoms with Crippen molar-refractivity contribution >= 4 is 49.1 Å². The first-order valence-electron chi connectivity index (χ1n) is 9.89. The summed E-state index contributed by atoms with van der Waals surface area (Å²) in [5.41, 5.74) is 1.68. The number of fused-ring (bicyclic) bond motifs is 2. The lowest BCUT2D eigenvalue weighted by molar-refractivity contribution is -0.118. The summed E-state index contributed by atoms with van der Waals surface area (Å²) in [6.45, 7) is 3.13. The number of anilines is 2. The molecule has 2 heterocycles. The molecule has 1 aromatic heterocycles. The number of nitrogens with one attached hydrogen (secondary N) is 1. The second-order valence-electron chi connectivity index (χ2n) is 7.12. The predicted molar refractivity (Wildman–Crippen MR) is 121 cm³/mol. The Kier molecular flexibility index (Phi) is 5.21. The zero-order chi connectivity index (χ0) is 20.3. The maximum absolute atomic E-state index is 12.4. The van der Waals surface area contributed by atoms with Crippen LogP contribution < -0.4 is 15.0 Å². The molecule has 1 saturated heterocycles. The lowest BCUT2D eigenvalue weighted by atomic mass is 10.1. The summed E-state index contributed by atoms with van der Waals surface area (Å²) in [6.07, 6.45) is 0. The number of hydrogen-bond donors (Lipinski definition) is 1. The van der Waals surface area contributed by atoms with E-state index >= 15 is 0 Å². The third-order valence-corrected chi connectivity index (χ3v) is 6.11. The van der Waals surface area contributed by atoms with Gasteiger partial charge in [-0.2, -0.15) is 0 Å². The number of carbonyl (C=O) groups is 1. The van der Waals surface area contributed by atoms with E-state index in [1.165, 1.54) is 0 Å². The SMILES string of the molecule is O=C(COc1ccc2ccccc2c1)Nc1ccc2nc(N3CCOCC3)sc2c1. The van der Waals surface area contributed by atoms with Gasteiger partial charge in [-0.15, -0.1) is 0 Å². The molecule has 0 spiro atoms. The summed E-state index contributed by atoms with van der Waals surface area (Å²) >= 11 is 1.63. The Labute approximate surface area is 178 Å². The van der Waals surface area contributed by atoms with Gasteiger partial charge in [0.15, 0.2) is 11.7 Å². The van der Waals surface area contributed by atoms with Gasteiger partial charge in [0.1, 0.15) is 5.75 Å². The first-order chi connectivity index (χ1) is 14.7. The number of benzene rings is 3. The number of carbonyl (C=O) groups excluding carboxylic acids is 1. The molecule has 6 nitrogen and oxygen atoms in total. The zero-order valence-corrected chi connectivity index (χ0v) is 17.2. The highest BCUT2D eigenvalue weighted by Crippen LogP contribution is 2.31. The fourth-order valence-corrected chi connectivity index (χ4v) is 4.54. The Balaban J connectivity index is 1.23. The summed E-state index contributed by atoms with van der Waals surface area (Å²) < 4.78 is 12.1. The average molecular weight is 420 g/mol. The summed E-state index contributed by atoms with van der Waals surface area (Å²) in [4.78, 5) is 19.3. The van der Waals surface area contributed by atoms with Gasteiger partial charge in [-0.25, -0.2) is 4.98 Å². The van der Waals surface area contributed by atoms with Crippen LogP contribution in [0.3, 0.4) is 0 Å². The van der Waals surface area contributed by atoms with Crippen molar-refractivity contribution in [2.75, 3.05) is 43.1 Å². The molecule has 1 fully saturated rings. The minimum Gasteiger partial charge on any atom is -0.484 e. The van der Waals surface area contributed by atoms with E-state index in [2.05, 4.69) is 10.2 Å². The second-order valence-corrected chi connectivity index (χ2v) is 8.13. The first kappa shape index (κ1) is 18.8. The molecule has 0 bridgehead atoms. The molecule has 1 N–H and O–H groups in total. The van der Waals surface area contributed by atoms with Crippen molar-refractivity contribution in [3.05, 3.63) is 60.7 Å². The third-order valence-electron chi connectivity index (χ3n) is 5.03. The Morgan fingerprint density at radius 2 is 1.90 bits per heavy atom. The Morgan fingerprint density at radius 1 is 1.07 bits per heavy atom. The normalized spacial score (nSPS) is 14.2. The molecule has 0 radical (unpaired) electrons. The van der Waals surface area contributed by atoms with Gasteiger partial charge in [0.05, 0.1) is 23.4 Å². The molecule has 1 aliphatic heterocycles. The van der Waals surface area contributed by atoms with E-state index in [1.54, 1.807) is 11.3 Å². The molecular weight excluding hydrogens is 398 g/mol. The highest BCUT2D eigenvalue weighted by molar-refractivity contribution is 7.22. The molecule has 3 aromatic carbocycles. The minimum absolute atomic E-state index is 0.0436. The zero-order valence-electron chi connectivity index (χ0n) is 16.3. The van der Waals surface area contributed by atoms with Crippen LogP contribution in [0.15, 0.2) is 60.7 Å². The van der Waals surface area contributed by atoms with Crippen LogP contribution in [0.2, 0.25) is 0 Å². The van der Waals surface area contributed by atoms with E-state index in [0.717, 1.165) is 58.1 Å². The van der Waals surface area contributed by atoms with Crippen molar-refractivity contribution in [2.45, 2.75) is 0 Å². The van der Waals surface area contributed by atoms with E-state index in [4.69, 9.17) is 14.5 Å². The van der Waals surface area contributed by atoms with Crippen molar-refractivity contribution in [2.24, 2.45) is 0 Å². The van der Waals surface area contributed by atoms with Crippen molar-refractivity contribution in [1.29, 1.82) is 0 Å². The molecule has 0 saturated carbocycles. The number of rotatable bonds is 5. The van der Waals surface area contributed by atoms with Crippen LogP contribution in [0.1, 0.15) is 0 Å². The summed E-state index contributed by atoms with van der Waals surface area (Å²) in [7, 11) is 0. The Bertz CT molecular complexity index is 1200. The molecule has 5 rings (SSSR count). The number of morpholine rings is 1.